The molecule has 1 aliphatic heterocycles. The second-order valence-corrected chi connectivity index (χ2v) is 10.2. The van der Waals surface area contributed by atoms with Crippen LogP contribution in [0.25, 0.3) is 0 Å². The Morgan fingerprint density at radius 3 is 2.35 bits per heavy atom. The van der Waals surface area contributed by atoms with Crippen molar-refractivity contribution >= 4 is 15.9 Å². The Balaban J connectivity index is 1.44. The summed E-state index contributed by atoms with van der Waals surface area (Å²) in [5, 5.41) is 3.06. The first-order chi connectivity index (χ1) is 14.9. The average Bonchev–Trinajstić information content (AvgIpc) is 2.79. The van der Waals surface area contributed by atoms with Crippen molar-refractivity contribution < 1.29 is 17.9 Å². The van der Waals surface area contributed by atoms with Gasteiger partial charge in [0.1, 0.15) is 5.75 Å². The van der Waals surface area contributed by atoms with Crippen molar-refractivity contribution in [2.75, 3.05) is 26.0 Å². The lowest BCUT2D eigenvalue weighted by Crippen LogP contribution is -2.44. The van der Waals surface area contributed by atoms with Gasteiger partial charge in [0.2, 0.25) is 15.9 Å². The monoisotopic (exact) mass is 444 g/mol. The predicted octanol–water partition coefficient (Wildman–Crippen LogP) is 3.55. The van der Waals surface area contributed by atoms with Crippen LogP contribution in [0.5, 0.6) is 5.75 Å². The summed E-state index contributed by atoms with van der Waals surface area (Å²) in [6.45, 7) is 2.76. The molecular weight excluding hydrogens is 412 g/mol. The van der Waals surface area contributed by atoms with Gasteiger partial charge in [0.25, 0.3) is 0 Å². The first-order valence-corrected chi connectivity index (χ1v) is 12.5. The second-order valence-electron chi connectivity index (χ2n) is 8.08. The molecule has 0 aromatic heterocycles. The molecule has 0 saturated carbocycles. The van der Waals surface area contributed by atoms with E-state index in [2.05, 4.69) is 5.32 Å². The summed E-state index contributed by atoms with van der Waals surface area (Å²) in [5.41, 5.74) is 2.16. The van der Waals surface area contributed by atoms with Gasteiger partial charge in [0.05, 0.1) is 18.9 Å². The fraction of sp³-hybridized carbons (Fsp3) is 0.458. The van der Waals surface area contributed by atoms with E-state index in [-0.39, 0.29) is 23.6 Å². The number of sulfonamides is 1. The van der Waals surface area contributed by atoms with Gasteiger partial charge in [-0.2, -0.15) is 0 Å². The molecule has 3 rings (SSSR count). The van der Waals surface area contributed by atoms with Crippen molar-refractivity contribution in [3.05, 3.63) is 65.7 Å². The van der Waals surface area contributed by atoms with E-state index >= 15 is 0 Å². The van der Waals surface area contributed by atoms with E-state index in [4.69, 9.17) is 4.74 Å². The van der Waals surface area contributed by atoms with Crippen molar-refractivity contribution in [1.29, 1.82) is 0 Å². The van der Waals surface area contributed by atoms with Crippen LogP contribution in [-0.4, -0.2) is 44.6 Å². The molecular formula is C24H32N2O4S. The van der Waals surface area contributed by atoms with Crippen LogP contribution in [0.2, 0.25) is 0 Å². The lowest BCUT2D eigenvalue weighted by atomic mass is 9.96. The van der Waals surface area contributed by atoms with Gasteiger partial charge >= 0.3 is 0 Å². The number of carbonyl (C=O) groups is 1. The van der Waals surface area contributed by atoms with Gasteiger partial charge in [-0.1, -0.05) is 42.5 Å². The lowest BCUT2D eigenvalue weighted by Gasteiger charge is -2.31. The fourth-order valence-electron chi connectivity index (χ4n) is 3.94. The minimum atomic E-state index is -3.29. The Morgan fingerprint density at radius 1 is 1.10 bits per heavy atom. The van der Waals surface area contributed by atoms with Gasteiger partial charge in [-0.25, -0.2) is 12.7 Å². The minimum absolute atomic E-state index is 0.00977. The summed E-state index contributed by atoms with van der Waals surface area (Å²) >= 11 is 0. The van der Waals surface area contributed by atoms with Crippen LogP contribution < -0.4 is 10.1 Å². The number of benzene rings is 2. The first kappa shape index (κ1) is 23.3. The van der Waals surface area contributed by atoms with E-state index in [0.29, 0.717) is 32.4 Å². The van der Waals surface area contributed by atoms with Crippen molar-refractivity contribution in [1.82, 2.24) is 9.62 Å². The van der Waals surface area contributed by atoms with Crippen molar-refractivity contribution in [2.24, 2.45) is 5.92 Å². The molecule has 1 aliphatic rings. The Bertz CT molecular complexity index is 937. The molecule has 2 aromatic carbocycles. The normalized spacial score (nSPS) is 16.6. The first-order valence-electron chi connectivity index (χ1n) is 10.8. The molecule has 1 saturated heterocycles. The maximum Gasteiger partial charge on any atom is 0.223 e. The average molecular weight is 445 g/mol. The van der Waals surface area contributed by atoms with Gasteiger partial charge in [-0.15, -0.1) is 0 Å². The Kier molecular flexibility index (Phi) is 8.09. The van der Waals surface area contributed by atoms with Gasteiger partial charge < -0.3 is 10.1 Å². The second kappa shape index (κ2) is 10.8. The summed E-state index contributed by atoms with van der Waals surface area (Å²) < 4.78 is 32.1. The predicted molar refractivity (Wildman–Crippen MR) is 122 cm³/mol. The van der Waals surface area contributed by atoms with Crippen LogP contribution in [-0.2, 0) is 21.2 Å². The zero-order chi connectivity index (χ0) is 22.3. The summed E-state index contributed by atoms with van der Waals surface area (Å²) in [4.78, 5) is 12.7. The highest BCUT2D eigenvalue weighted by Crippen LogP contribution is 2.23. The Morgan fingerprint density at radius 2 is 1.74 bits per heavy atom. The number of rotatable bonds is 9. The fourth-order valence-corrected chi connectivity index (χ4v) is 5.47. The van der Waals surface area contributed by atoms with E-state index in [1.807, 2.05) is 61.5 Å². The van der Waals surface area contributed by atoms with E-state index in [1.54, 1.807) is 11.4 Å². The zero-order valence-corrected chi connectivity index (χ0v) is 19.1. The maximum atomic E-state index is 12.7. The van der Waals surface area contributed by atoms with E-state index in [1.165, 1.54) is 0 Å². The molecule has 1 amide bonds. The van der Waals surface area contributed by atoms with Gasteiger partial charge in [-0.3, -0.25) is 4.79 Å². The van der Waals surface area contributed by atoms with Crippen LogP contribution in [0.1, 0.15) is 43.4 Å². The van der Waals surface area contributed by atoms with Crippen LogP contribution in [0.4, 0.5) is 0 Å². The summed E-state index contributed by atoms with van der Waals surface area (Å²) in [6.07, 6.45) is 2.46. The van der Waals surface area contributed by atoms with Crippen LogP contribution >= 0.6 is 0 Å². The summed E-state index contributed by atoms with van der Waals surface area (Å²) in [5.74, 6) is 0.758. The minimum Gasteiger partial charge on any atom is -0.497 e. The van der Waals surface area contributed by atoms with Crippen LogP contribution in [0, 0.1) is 5.92 Å². The molecule has 0 radical (unpaired) electrons. The molecule has 1 atom stereocenters. The summed E-state index contributed by atoms with van der Waals surface area (Å²) in [7, 11) is -1.66. The molecule has 168 valence electrons. The molecule has 1 heterocycles. The van der Waals surface area contributed by atoms with E-state index in [0.717, 1.165) is 23.3 Å². The largest absolute Gasteiger partial charge is 0.497 e. The standard InChI is InChI=1S/C24H32N2O4S/c1-19(21-10-12-23(30-2)13-11-21)25-24(27)22-14-16-26(17-15-22)31(28,29)18-6-9-20-7-4-3-5-8-20/h3-5,7-8,10-13,19,22H,6,9,14-18H2,1-2H3,(H,25,27)/t19-/m0/s1. The smallest absolute Gasteiger partial charge is 0.223 e. The van der Waals surface area contributed by atoms with E-state index < -0.39 is 10.0 Å². The number of carbonyl (C=O) groups excluding carboxylic acids is 1. The number of ether oxygens (including phenoxy) is 1. The number of hydrogen-bond acceptors (Lipinski definition) is 4. The molecule has 0 aliphatic carbocycles. The number of nitrogens with one attached hydrogen (secondary N) is 1. The van der Waals surface area contributed by atoms with Crippen molar-refractivity contribution in [2.45, 2.75) is 38.6 Å². The Labute approximate surface area is 185 Å². The van der Waals surface area contributed by atoms with Crippen LogP contribution in [0.3, 0.4) is 0 Å². The molecule has 1 fully saturated rings. The summed E-state index contributed by atoms with van der Waals surface area (Å²) in [6, 6.07) is 17.4. The molecule has 6 nitrogen and oxygen atoms in total. The molecule has 2 aromatic rings. The molecule has 1 N–H and O–H groups in total. The van der Waals surface area contributed by atoms with E-state index in [9.17, 15) is 13.2 Å². The van der Waals surface area contributed by atoms with Crippen LogP contribution in [0.15, 0.2) is 54.6 Å². The molecule has 0 unspecified atom stereocenters. The number of hydrogen-bond donors (Lipinski definition) is 1. The Hall–Kier alpha value is -2.38. The zero-order valence-electron chi connectivity index (χ0n) is 18.3. The third kappa shape index (κ3) is 6.55. The highest BCUT2D eigenvalue weighted by atomic mass is 32.2. The van der Waals surface area contributed by atoms with Gasteiger partial charge in [0.15, 0.2) is 0 Å². The van der Waals surface area contributed by atoms with Gasteiger partial charge in [-0.05, 0) is 55.9 Å². The lowest BCUT2D eigenvalue weighted by molar-refractivity contribution is -0.126. The number of methoxy groups -OCH3 is 1. The third-order valence-electron chi connectivity index (χ3n) is 5.90. The number of nitrogens with zero attached hydrogens (tertiary/aromatic N) is 1. The number of aryl methyl sites for hydroxylation is 1. The highest BCUT2D eigenvalue weighted by Gasteiger charge is 2.31. The van der Waals surface area contributed by atoms with Crippen molar-refractivity contribution in [3.8, 4) is 5.75 Å². The SMILES string of the molecule is COc1ccc([C@H](C)NC(=O)C2CCN(S(=O)(=O)CCCc3ccccc3)CC2)cc1. The number of amides is 1. The highest BCUT2D eigenvalue weighted by molar-refractivity contribution is 7.89. The van der Waals surface area contributed by atoms with Crippen molar-refractivity contribution in [3.63, 3.8) is 0 Å². The molecule has 31 heavy (non-hydrogen) atoms. The quantitative estimate of drug-likeness (QED) is 0.642. The topological polar surface area (TPSA) is 75.7 Å². The van der Waals surface area contributed by atoms with Gasteiger partial charge in [0, 0.05) is 19.0 Å². The molecule has 0 bridgehead atoms. The third-order valence-corrected chi connectivity index (χ3v) is 7.86. The number of piperidine rings is 1. The maximum absolute atomic E-state index is 12.7. The molecule has 7 heteroatoms. The molecule has 0 spiro atoms.